The van der Waals surface area contributed by atoms with Gasteiger partial charge in [-0.25, -0.2) is 0 Å². The third kappa shape index (κ3) is 1.43. The monoisotopic (exact) mass is 213 g/mol. The first-order chi connectivity index (χ1) is 3.93. The van der Waals surface area contributed by atoms with E-state index in [1.165, 1.54) is 22.5 Å². The first kappa shape index (κ1) is 6.01. The van der Waals surface area contributed by atoms with E-state index < -0.39 is 0 Å². The SMILES string of the molecule is [Sn][CH2]c1ncccn1. The summed E-state index contributed by atoms with van der Waals surface area (Å²) in [6, 6.07) is 1.83. The molecule has 1 aromatic heterocycles. The molecule has 3 radical (unpaired) electrons. The minimum absolute atomic E-state index is 0.950. The van der Waals surface area contributed by atoms with Crippen molar-refractivity contribution >= 4 is 22.5 Å². The van der Waals surface area contributed by atoms with Crippen molar-refractivity contribution in [2.45, 2.75) is 4.44 Å². The number of hydrogen-bond acceptors (Lipinski definition) is 2. The molecule has 0 aliphatic rings. The molecule has 0 bridgehead atoms. The van der Waals surface area contributed by atoms with Crippen LogP contribution in [0.25, 0.3) is 0 Å². The second kappa shape index (κ2) is 3.02. The van der Waals surface area contributed by atoms with Crippen LogP contribution in [0, 0.1) is 0 Å². The molecule has 3 heteroatoms. The van der Waals surface area contributed by atoms with Gasteiger partial charge in [-0.05, 0) is 0 Å². The van der Waals surface area contributed by atoms with Gasteiger partial charge in [0.15, 0.2) is 0 Å². The van der Waals surface area contributed by atoms with E-state index in [4.69, 9.17) is 0 Å². The van der Waals surface area contributed by atoms with E-state index in [1.807, 2.05) is 6.07 Å². The normalized spacial score (nSPS) is 9.12. The maximum atomic E-state index is 4.01. The summed E-state index contributed by atoms with van der Waals surface area (Å²) < 4.78 is 1.01. The molecule has 1 rings (SSSR count). The van der Waals surface area contributed by atoms with Gasteiger partial charge in [0.1, 0.15) is 0 Å². The molecule has 0 spiro atoms. The molecule has 0 unspecified atom stereocenters. The van der Waals surface area contributed by atoms with Crippen molar-refractivity contribution in [2.24, 2.45) is 0 Å². The van der Waals surface area contributed by atoms with Crippen molar-refractivity contribution in [3.8, 4) is 0 Å². The van der Waals surface area contributed by atoms with Gasteiger partial charge in [0.25, 0.3) is 0 Å². The Bertz CT molecular complexity index is 152. The van der Waals surface area contributed by atoms with Gasteiger partial charge in [-0.1, -0.05) is 0 Å². The van der Waals surface area contributed by atoms with Gasteiger partial charge < -0.3 is 0 Å². The van der Waals surface area contributed by atoms with E-state index in [0.717, 1.165) is 10.3 Å². The summed E-state index contributed by atoms with van der Waals surface area (Å²) in [4.78, 5) is 8.02. The Morgan fingerprint density at radius 3 is 2.38 bits per heavy atom. The van der Waals surface area contributed by atoms with Crippen molar-refractivity contribution in [3.63, 3.8) is 0 Å². The Hall–Kier alpha value is -0.121. The fourth-order valence-corrected chi connectivity index (χ4v) is 0.942. The van der Waals surface area contributed by atoms with Gasteiger partial charge in [0, 0.05) is 0 Å². The van der Waals surface area contributed by atoms with Crippen LogP contribution in [0.3, 0.4) is 0 Å². The molecule has 0 aliphatic heterocycles. The van der Waals surface area contributed by atoms with E-state index >= 15 is 0 Å². The molecule has 0 N–H and O–H groups in total. The van der Waals surface area contributed by atoms with Gasteiger partial charge in [-0.2, -0.15) is 0 Å². The van der Waals surface area contributed by atoms with Crippen LogP contribution in [0.5, 0.6) is 0 Å². The molecule has 8 heavy (non-hydrogen) atoms. The van der Waals surface area contributed by atoms with E-state index in [1.54, 1.807) is 12.4 Å². The standard InChI is InChI=1S/C5H5N2.Sn/c1-5-6-3-2-4-7-5;/h2-4H,1H2;. The summed E-state index contributed by atoms with van der Waals surface area (Å²) in [7, 11) is 0. The maximum absolute atomic E-state index is 4.01. The van der Waals surface area contributed by atoms with Crippen molar-refractivity contribution in [1.82, 2.24) is 9.97 Å². The van der Waals surface area contributed by atoms with Gasteiger partial charge in [-0.15, -0.1) is 0 Å². The average molecular weight is 212 g/mol. The summed E-state index contributed by atoms with van der Waals surface area (Å²) in [6.45, 7) is 0. The van der Waals surface area contributed by atoms with Gasteiger partial charge in [0.2, 0.25) is 0 Å². The molecule has 0 amide bonds. The van der Waals surface area contributed by atoms with Crippen LogP contribution in [0.1, 0.15) is 5.82 Å². The summed E-state index contributed by atoms with van der Waals surface area (Å²) in [5.41, 5.74) is 0. The fraction of sp³-hybridized carbons (Fsp3) is 0.200. The molecular formula is C5H5N2Sn. The zero-order chi connectivity index (χ0) is 5.82. The second-order valence-corrected chi connectivity index (χ2v) is 2.35. The quantitative estimate of drug-likeness (QED) is 0.618. The zero-order valence-electron chi connectivity index (χ0n) is 4.33. The molecule has 0 aliphatic carbocycles. The van der Waals surface area contributed by atoms with E-state index in [0.29, 0.717) is 0 Å². The molecule has 0 aromatic carbocycles. The van der Waals surface area contributed by atoms with Crippen LogP contribution in [-0.4, -0.2) is 32.5 Å². The zero-order valence-corrected chi connectivity index (χ0v) is 7.19. The van der Waals surface area contributed by atoms with Crippen LogP contribution in [0.2, 0.25) is 0 Å². The number of rotatable bonds is 1. The first-order valence-electron chi connectivity index (χ1n) is 2.34. The van der Waals surface area contributed by atoms with Crippen LogP contribution in [0.4, 0.5) is 0 Å². The second-order valence-electron chi connectivity index (χ2n) is 1.34. The van der Waals surface area contributed by atoms with Crippen LogP contribution >= 0.6 is 0 Å². The van der Waals surface area contributed by atoms with E-state index in [-0.39, 0.29) is 0 Å². The molecular weight excluding hydrogens is 207 g/mol. The summed E-state index contributed by atoms with van der Waals surface area (Å²) in [5, 5.41) is 0. The summed E-state index contributed by atoms with van der Waals surface area (Å²) in [5.74, 6) is 0.950. The van der Waals surface area contributed by atoms with Crippen molar-refractivity contribution in [2.75, 3.05) is 0 Å². The van der Waals surface area contributed by atoms with Crippen LogP contribution in [-0.2, 0) is 4.44 Å². The molecule has 0 saturated carbocycles. The molecule has 0 fully saturated rings. The first-order valence-corrected chi connectivity index (χ1v) is 4.36. The van der Waals surface area contributed by atoms with Crippen LogP contribution < -0.4 is 0 Å². The van der Waals surface area contributed by atoms with E-state index in [2.05, 4.69) is 9.97 Å². The Labute approximate surface area is 61.4 Å². The number of aromatic nitrogens is 2. The molecule has 1 heterocycles. The van der Waals surface area contributed by atoms with Crippen molar-refractivity contribution in [3.05, 3.63) is 24.3 Å². The predicted molar refractivity (Wildman–Crippen MR) is 31.5 cm³/mol. The number of nitrogens with zero attached hydrogens (tertiary/aromatic N) is 2. The average Bonchev–Trinajstić information content (AvgIpc) is 1.90. The Morgan fingerprint density at radius 1 is 1.38 bits per heavy atom. The molecule has 0 saturated heterocycles. The van der Waals surface area contributed by atoms with Crippen LogP contribution in [0.15, 0.2) is 18.5 Å². The number of hydrogen-bond donors (Lipinski definition) is 0. The third-order valence-corrected chi connectivity index (χ3v) is 1.68. The van der Waals surface area contributed by atoms with Crippen molar-refractivity contribution < 1.29 is 0 Å². The fourth-order valence-electron chi connectivity index (χ4n) is 0.421. The summed E-state index contributed by atoms with van der Waals surface area (Å²) >= 11 is 1.46. The molecule has 39 valence electrons. The molecule has 1 aromatic rings. The third-order valence-electron chi connectivity index (χ3n) is 0.777. The van der Waals surface area contributed by atoms with E-state index in [9.17, 15) is 0 Å². The van der Waals surface area contributed by atoms with Gasteiger partial charge in [0.05, 0.1) is 0 Å². The Kier molecular flexibility index (Phi) is 2.26. The predicted octanol–water partition coefficient (Wildman–Crippen LogP) is 0.145. The molecule has 0 atom stereocenters. The Balaban J connectivity index is 2.83. The topological polar surface area (TPSA) is 25.8 Å². The summed E-state index contributed by atoms with van der Waals surface area (Å²) in [6.07, 6.45) is 3.54. The van der Waals surface area contributed by atoms with Crippen molar-refractivity contribution in [1.29, 1.82) is 0 Å². The minimum atomic E-state index is 0.950. The van der Waals surface area contributed by atoms with Gasteiger partial charge >= 0.3 is 61.2 Å². The van der Waals surface area contributed by atoms with Gasteiger partial charge in [-0.3, -0.25) is 0 Å². The Morgan fingerprint density at radius 2 is 2.00 bits per heavy atom. The molecule has 2 nitrogen and oxygen atoms in total.